The van der Waals surface area contributed by atoms with Crippen molar-refractivity contribution < 1.29 is 0 Å². The van der Waals surface area contributed by atoms with Crippen LogP contribution in [-0.2, 0) is 0 Å². The van der Waals surface area contributed by atoms with E-state index >= 15 is 0 Å². The van der Waals surface area contributed by atoms with Crippen LogP contribution in [0.25, 0.3) is 11.1 Å². The quantitative estimate of drug-likeness (QED) is 0.749. The second-order valence-electron chi connectivity index (χ2n) is 4.59. The van der Waals surface area contributed by atoms with Crippen LogP contribution in [0.5, 0.6) is 0 Å². The molecular weight excluding hydrogens is 246 g/mol. The number of nitriles is 1. The van der Waals surface area contributed by atoms with Crippen molar-refractivity contribution in [3.05, 3.63) is 59.7 Å². The molecule has 0 amide bonds. The molecule has 1 nitrogen and oxygen atoms in total. The highest BCUT2D eigenvalue weighted by Crippen LogP contribution is 2.23. The Morgan fingerprint density at radius 2 is 1.53 bits per heavy atom. The van der Waals surface area contributed by atoms with Gasteiger partial charge in [-0.3, -0.25) is 0 Å². The highest BCUT2D eigenvalue weighted by molar-refractivity contribution is 6.37. The maximum atomic E-state index is 8.80. The number of hydrogen-bond acceptors (Lipinski definition) is 1. The second kappa shape index (κ2) is 6.35. The minimum Gasteiger partial charge on any atom is -0.192 e. The molecule has 0 aliphatic rings. The summed E-state index contributed by atoms with van der Waals surface area (Å²) in [6.07, 6.45) is 0. The SMILES string of the molecule is CC[Si]C(C)c1ccc(-c2ccc(C#N)cc2)cc1. The number of nitrogens with zero attached hydrogens (tertiary/aromatic N) is 1. The van der Waals surface area contributed by atoms with Crippen LogP contribution in [0.1, 0.15) is 30.5 Å². The zero-order chi connectivity index (χ0) is 13.7. The molecule has 1 unspecified atom stereocenters. The monoisotopic (exact) mass is 263 g/mol. The Bertz CT molecular complexity index is 564. The highest BCUT2D eigenvalue weighted by atomic mass is 28.2. The first-order chi connectivity index (χ1) is 9.24. The van der Waals surface area contributed by atoms with Crippen molar-refractivity contribution in [2.75, 3.05) is 0 Å². The third kappa shape index (κ3) is 3.33. The largest absolute Gasteiger partial charge is 0.192 e. The van der Waals surface area contributed by atoms with E-state index in [1.165, 1.54) is 17.2 Å². The van der Waals surface area contributed by atoms with Crippen molar-refractivity contribution >= 4 is 9.52 Å². The lowest BCUT2D eigenvalue weighted by molar-refractivity contribution is 1.05. The molecule has 0 heterocycles. The van der Waals surface area contributed by atoms with E-state index in [1.807, 2.05) is 24.3 Å². The topological polar surface area (TPSA) is 23.8 Å². The van der Waals surface area contributed by atoms with Crippen LogP contribution in [0, 0.1) is 11.3 Å². The van der Waals surface area contributed by atoms with Gasteiger partial charge in [0, 0.05) is 9.52 Å². The van der Waals surface area contributed by atoms with E-state index in [-0.39, 0.29) is 0 Å². The Balaban J connectivity index is 2.20. The Kier molecular flexibility index (Phi) is 4.54. The van der Waals surface area contributed by atoms with Gasteiger partial charge in [0.05, 0.1) is 11.6 Å². The molecule has 94 valence electrons. The van der Waals surface area contributed by atoms with E-state index in [2.05, 4.69) is 44.2 Å². The normalized spacial score (nSPS) is 11.8. The zero-order valence-electron chi connectivity index (χ0n) is 11.4. The summed E-state index contributed by atoms with van der Waals surface area (Å²) < 4.78 is 0. The van der Waals surface area contributed by atoms with Crippen molar-refractivity contribution in [3.8, 4) is 17.2 Å². The Morgan fingerprint density at radius 1 is 1.00 bits per heavy atom. The van der Waals surface area contributed by atoms with Gasteiger partial charge in [-0.05, 0) is 34.4 Å². The molecule has 0 bridgehead atoms. The third-order valence-corrected chi connectivity index (χ3v) is 4.62. The van der Waals surface area contributed by atoms with Gasteiger partial charge in [0.1, 0.15) is 0 Å². The molecule has 0 fully saturated rings. The summed E-state index contributed by atoms with van der Waals surface area (Å²) in [6.45, 7) is 4.53. The fourth-order valence-electron chi connectivity index (χ4n) is 2.13. The standard InChI is InChI=1S/C17H17NSi/c1-3-19-13(2)15-8-10-17(11-9-15)16-6-4-14(12-18)5-7-16/h4-11,13H,3H2,1-2H3. The first-order valence-electron chi connectivity index (χ1n) is 6.58. The molecule has 1 atom stereocenters. The van der Waals surface area contributed by atoms with Crippen LogP contribution in [-0.4, -0.2) is 9.52 Å². The van der Waals surface area contributed by atoms with E-state index in [4.69, 9.17) is 5.26 Å². The molecule has 0 N–H and O–H groups in total. The van der Waals surface area contributed by atoms with Crippen LogP contribution in [0.4, 0.5) is 0 Å². The summed E-state index contributed by atoms with van der Waals surface area (Å²) >= 11 is 0. The van der Waals surface area contributed by atoms with Gasteiger partial charge in [0.15, 0.2) is 0 Å². The van der Waals surface area contributed by atoms with Crippen molar-refractivity contribution in [2.45, 2.75) is 25.4 Å². The van der Waals surface area contributed by atoms with Gasteiger partial charge < -0.3 is 0 Å². The van der Waals surface area contributed by atoms with Crippen molar-refractivity contribution in [1.82, 2.24) is 0 Å². The molecule has 2 aromatic rings. The summed E-state index contributed by atoms with van der Waals surface area (Å²) in [7, 11) is 0.992. The highest BCUT2D eigenvalue weighted by Gasteiger charge is 2.05. The maximum Gasteiger partial charge on any atom is 0.0991 e. The number of hydrogen-bond donors (Lipinski definition) is 0. The molecule has 0 aromatic heterocycles. The van der Waals surface area contributed by atoms with Gasteiger partial charge in [-0.25, -0.2) is 0 Å². The van der Waals surface area contributed by atoms with Crippen molar-refractivity contribution in [2.24, 2.45) is 0 Å². The lowest BCUT2D eigenvalue weighted by Gasteiger charge is -2.10. The summed E-state index contributed by atoms with van der Waals surface area (Å²) in [6, 6.07) is 19.9. The van der Waals surface area contributed by atoms with Crippen LogP contribution in [0.15, 0.2) is 48.5 Å². The summed E-state index contributed by atoms with van der Waals surface area (Å²) in [5.41, 5.74) is 5.15. The lowest BCUT2D eigenvalue weighted by atomic mass is 10.0. The van der Waals surface area contributed by atoms with Crippen molar-refractivity contribution in [1.29, 1.82) is 5.26 Å². The molecular formula is C17H17NSi. The van der Waals surface area contributed by atoms with E-state index in [0.29, 0.717) is 11.1 Å². The maximum absolute atomic E-state index is 8.80. The van der Waals surface area contributed by atoms with Gasteiger partial charge in [-0.1, -0.05) is 56.3 Å². The first kappa shape index (κ1) is 13.6. The number of benzene rings is 2. The van der Waals surface area contributed by atoms with Crippen LogP contribution >= 0.6 is 0 Å². The van der Waals surface area contributed by atoms with E-state index in [9.17, 15) is 0 Å². The summed E-state index contributed by atoms with van der Waals surface area (Å²) in [5, 5.41) is 8.80. The van der Waals surface area contributed by atoms with Crippen LogP contribution < -0.4 is 0 Å². The molecule has 2 heteroatoms. The van der Waals surface area contributed by atoms with Gasteiger partial charge in [0.2, 0.25) is 0 Å². The average Bonchev–Trinajstić information content (AvgIpc) is 2.48. The van der Waals surface area contributed by atoms with Gasteiger partial charge in [-0.15, -0.1) is 0 Å². The molecule has 0 saturated heterocycles. The molecule has 2 aromatic carbocycles. The minimum atomic E-state index is 0.653. The molecule has 2 rings (SSSR count). The molecule has 0 aliphatic heterocycles. The van der Waals surface area contributed by atoms with Gasteiger partial charge in [-0.2, -0.15) is 5.26 Å². The average molecular weight is 263 g/mol. The fourth-order valence-corrected chi connectivity index (χ4v) is 3.17. The molecule has 0 spiro atoms. The van der Waals surface area contributed by atoms with Crippen LogP contribution in [0.3, 0.4) is 0 Å². The number of rotatable bonds is 4. The Labute approximate surface area is 117 Å². The lowest BCUT2D eigenvalue weighted by Crippen LogP contribution is -2.01. The van der Waals surface area contributed by atoms with Crippen molar-refractivity contribution in [3.63, 3.8) is 0 Å². The van der Waals surface area contributed by atoms with E-state index in [0.717, 1.165) is 15.1 Å². The smallest absolute Gasteiger partial charge is 0.0991 e. The van der Waals surface area contributed by atoms with Crippen LogP contribution in [0.2, 0.25) is 6.04 Å². The third-order valence-electron chi connectivity index (χ3n) is 3.27. The Morgan fingerprint density at radius 3 is 2.00 bits per heavy atom. The predicted molar refractivity (Wildman–Crippen MR) is 81.2 cm³/mol. The summed E-state index contributed by atoms with van der Waals surface area (Å²) in [4.78, 5) is 0. The minimum absolute atomic E-state index is 0.653. The second-order valence-corrected chi connectivity index (χ2v) is 6.57. The van der Waals surface area contributed by atoms with E-state index in [1.54, 1.807) is 0 Å². The summed E-state index contributed by atoms with van der Waals surface area (Å²) in [5.74, 6) is 0. The molecule has 0 aliphatic carbocycles. The zero-order valence-corrected chi connectivity index (χ0v) is 12.4. The molecule has 2 radical (unpaired) electrons. The molecule has 19 heavy (non-hydrogen) atoms. The van der Waals surface area contributed by atoms with Gasteiger partial charge >= 0.3 is 0 Å². The van der Waals surface area contributed by atoms with Gasteiger partial charge in [0.25, 0.3) is 0 Å². The first-order valence-corrected chi connectivity index (χ1v) is 7.87. The van der Waals surface area contributed by atoms with E-state index < -0.39 is 0 Å². The fraction of sp³-hybridized carbons (Fsp3) is 0.235. The predicted octanol–water partition coefficient (Wildman–Crippen LogP) is 4.43. The Hall–Kier alpha value is -1.85. The molecule has 0 saturated carbocycles.